The minimum Gasteiger partial charge on any atom is -0.481 e. The SMILES string of the molecule is CCCC(C(=O)O)C(=O)C(C)CC. The number of carboxylic acid groups (broad SMARTS) is 1. The van der Waals surface area contributed by atoms with E-state index < -0.39 is 11.9 Å². The summed E-state index contributed by atoms with van der Waals surface area (Å²) in [5.74, 6) is -2.03. The number of aliphatic carboxylic acids is 1. The molecule has 0 saturated heterocycles. The van der Waals surface area contributed by atoms with Gasteiger partial charge in [-0.3, -0.25) is 9.59 Å². The van der Waals surface area contributed by atoms with E-state index in [1.807, 2.05) is 13.8 Å². The van der Waals surface area contributed by atoms with Crippen molar-refractivity contribution in [3.05, 3.63) is 0 Å². The largest absolute Gasteiger partial charge is 0.481 e. The fourth-order valence-corrected chi connectivity index (χ4v) is 1.22. The molecule has 3 nitrogen and oxygen atoms in total. The minimum atomic E-state index is -0.979. The Labute approximate surface area is 79.1 Å². The maximum Gasteiger partial charge on any atom is 0.314 e. The van der Waals surface area contributed by atoms with Gasteiger partial charge in [0.05, 0.1) is 0 Å². The molecular formula is C10H18O3. The van der Waals surface area contributed by atoms with Gasteiger partial charge in [-0.25, -0.2) is 0 Å². The van der Waals surface area contributed by atoms with Crippen LogP contribution in [0, 0.1) is 11.8 Å². The molecule has 0 amide bonds. The summed E-state index contributed by atoms with van der Waals surface area (Å²) in [6.45, 7) is 5.57. The van der Waals surface area contributed by atoms with Crippen LogP contribution in [0.5, 0.6) is 0 Å². The molecule has 0 saturated carbocycles. The van der Waals surface area contributed by atoms with Gasteiger partial charge in [-0.05, 0) is 12.8 Å². The van der Waals surface area contributed by atoms with Crippen molar-refractivity contribution in [1.82, 2.24) is 0 Å². The summed E-state index contributed by atoms with van der Waals surface area (Å²) >= 11 is 0. The normalized spacial score (nSPS) is 15.0. The van der Waals surface area contributed by atoms with E-state index in [0.29, 0.717) is 12.8 Å². The lowest BCUT2D eigenvalue weighted by Crippen LogP contribution is -2.28. The second-order valence-corrected chi connectivity index (χ2v) is 3.39. The van der Waals surface area contributed by atoms with Crippen molar-refractivity contribution in [2.75, 3.05) is 0 Å². The van der Waals surface area contributed by atoms with E-state index in [-0.39, 0.29) is 11.7 Å². The Balaban J connectivity index is 4.36. The highest BCUT2D eigenvalue weighted by molar-refractivity contribution is 5.99. The molecule has 13 heavy (non-hydrogen) atoms. The van der Waals surface area contributed by atoms with Crippen LogP contribution >= 0.6 is 0 Å². The molecule has 0 spiro atoms. The molecule has 1 N–H and O–H groups in total. The average Bonchev–Trinajstić information content (AvgIpc) is 2.11. The maximum atomic E-state index is 11.5. The predicted octanol–water partition coefficient (Wildman–Crippen LogP) is 2.10. The highest BCUT2D eigenvalue weighted by Crippen LogP contribution is 2.15. The number of hydrogen-bond acceptors (Lipinski definition) is 2. The zero-order chi connectivity index (χ0) is 10.4. The van der Waals surface area contributed by atoms with Crippen molar-refractivity contribution in [2.45, 2.75) is 40.0 Å². The summed E-state index contributed by atoms with van der Waals surface area (Å²) in [4.78, 5) is 22.3. The first-order valence-electron chi connectivity index (χ1n) is 4.81. The number of ketones is 1. The summed E-state index contributed by atoms with van der Waals surface area (Å²) in [7, 11) is 0. The Bertz CT molecular complexity index is 187. The van der Waals surface area contributed by atoms with Crippen LogP contribution in [0.15, 0.2) is 0 Å². The van der Waals surface area contributed by atoms with Crippen LogP contribution in [0.3, 0.4) is 0 Å². The van der Waals surface area contributed by atoms with E-state index in [0.717, 1.165) is 6.42 Å². The molecule has 0 radical (unpaired) electrons. The minimum absolute atomic E-state index is 0.128. The van der Waals surface area contributed by atoms with E-state index in [4.69, 9.17) is 5.11 Å². The number of carboxylic acids is 1. The standard InChI is InChI=1S/C10H18O3/c1-4-6-8(10(12)13)9(11)7(3)5-2/h7-8H,4-6H2,1-3H3,(H,12,13). The third-order valence-corrected chi connectivity index (χ3v) is 2.32. The van der Waals surface area contributed by atoms with Crippen molar-refractivity contribution in [2.24, 2.45) is 11.8 Å². The highest BCUT2D eigenvalue weighted by atomic mass is 16.4. The van der Waals surface area contributed by atoms with E-state index in [1.165, 1.54) is 0 Å². The summed E-state index contributed by atoms with van der Waals surface area (Å²) in [6.07, 6.45) is 1.91. The van der Waals surface area contributed by atoms with Crippen LogP contribution in [-0.2, 0) is 9.59 Å². The third kappa shape index (κ3) is 3.57. The highest BCUT2D eigenvalue weighted by Gasteiger charge is 2.27. The first-order valence-corrected chi connectivity index (χ1v) is 4.81. The lowest BCUT2D eigenvalue weighted by molar-refractivity contribution is -0.147. The van der Waals surface area contributed by atoms with Gasteiger partial charge in [0.1, 0.15) is 11.7 Å². The molecule has 76 valence electrons. The van der Waals surface area contributed by atoms with Crippen molar-refractivity contribution in [1.29, 1.82) is 0 Å². The lowest BCUT2D eigenvalue weighted by Gasteiger charge is -2.14. The summed E-state index contributed by atoms with van der Waals surface area (Å²) in [6, 6.07) is 0. The Morgan fingerprint density at radius 1 is 1.31 bits per heavy atom. The van der Waals surface area contributed by atoms with Crippen molar-refractivity contribution >= 4 is 11.8 Å². The molecule has 0 aromatic carbocycles. The summed E-state index contributed by atoms with van der Waals surface area (Å²) in [5.41, 5.74) is 0. The van der Waals surface area contributed by atoms with E-state index in [9.17, 15) is 9.59 Å². The fraction of sp³-hybridized carbons (Fsp3) is 0.800. The van der Waals surface area contributed by atoms with Gasteiger partial charge in [0.15, 0.2) is 0 Å². The van der Waals surface area contributed by atoms with Gasteiger partial charge >= 0.3 is 5.97 Å². The molecule has 2 unspecified atom stereocenters. The first kappa shape index (κ1) is 12.1. The van der Waals surface area contributed by atoms with Crippen molar-refractivity contribution in [3.63, 3.8) is 0 Å². The van der Waals surface area contributed by atoms with Gasteiger partial charge in [0.25, 0.3) is 0 Å². The van der Waals surface area contributed by atoms with E-state index >= 15 is 0 Å². The molecule has 0 rings (SSSR count). The van der Waals surface area contributed by atoms with Gasteiger partial charge < -0.3 is 5.11 Å². The molecule has 0 aliphatic carbocycles. The van der Waals surface area contributed by atoms with E-state index in [1.54, 1.807) is 6.92 Å². The van der Waals surface area contributed by atoms with E-state index in [2.05, 4.69) is 0 Å². The number of carbonyl (C=O) groups is 2. The summed E-state index contributed by atoms with van der Waals surface area (Å²) < 4.78 is 0. The molecule has 0 heterocycles. The number of carbonyl (C=O) groups excluding carboxylic acids is 1. The van der Waals surface area contributed by atoms with Gasteiger partial charge in [-0.2, -0.15) is 0 Å². The van der Waals surface area contributed by atoms with Crippen molar-refractivity contribution < 1.29 is 14.7 Å². The van der Waals surface area contributed by atoms with Gasteiger partial charge in [-0.15, -0.1) is 0 Å². The Hall–Kier alpha value is -0.860. The molecule has 0 aromatic heterocycles. The van der Waals surface area contributed by atoms with Crippen LogP contribution < -0.4 is 0 Å². The Kier molecular flexibility index (Phi) is 5.35. The molecule has 3 heteroatoms. The van der Waals surface area contributed by atoms with Crippen molar-refractivity contribution in [3.8, 4) is 0 Å². The molecule has 0 aromatic rings. The molecule has 0 aliphatic rings. The van der Waals surface area contributed by atoms with Gasteiger partial charge in [-0.1, -0.05) is 27.2 Å². The number of Topliss-reactive ketones (excluding diaryl/α,β-unsaturated/α-hetero) is 1. The molecule has 0 bridgehead atoms. The van der Waals surface area contributed by atoms with Crippen LogP contribution in [-0.4, -0.2) is 16.9 Å². The fourth-order valence-electron chi connectivity index (χ4n) is 1.22. The average molecular weight is 186 g/mol. The lowest BCUT2D eigenvalue weighted by atomic mass is 9.89. The summed E-state index contributed by atoms with van der Waals surface area (Å²) in [5, 5.41) is 8.80. The van der Waals surface area contributed by atoms with Gasteiger partial charge in [0, 0.05) is 5.92 Å². The maximum absolute atomic E-state index is 11.5. The molecule has 2 atom stereocenters. The quantitative estimate of drug-likeness (QED) is 0.646. The van der Waals surface area contributed by atoms with Crippen LogP contribution in [0.25, 0.3) is 0 Å². The zero-order valence-electron chi connectivity index (χ0n) is 8.54. The first-order chi connectivity index (χ1) is 6.04. The molecule has 0 fully saturated rings. The second-order valence-electron chi connectivity index (χ2n) is 3.39. The molecule has 0 aliphatic heterocycles. The predicted molar refractivity (Wildman–Crippen MR) is 50.5 cm³/mol. The van der Waals surface area contributed by atoms with Crippen LogP contribution in [0.2, 0.25) is 0 Å². The topological polar surface area (TPSA) is 54.4 Å². The smallest absolute Gasteiger partial charge is 0.314 e. The Morgan fingerprint density at radius 3 is 2.15 bits per heavy atom. The number of hydrogen-bond donors (Lipinski definition) is 1. The molecular weight excluding hydrogens is 168 g/mol. The van der Waals surface area contributed by atoms with Crippen LogP contribution in [0.4, 0.5) is 0 Å². The zero-order valence-corrected chi connectivity index (χ0v) is 8.54. The van der Waals surface area contributed by atoms with Gasteiger partial charge in [0.2, 0.25) is 0 Å². The number of rotatable bonds is 6. The third-order valence-electron chi connectivity index (χ3n) is 2.32. The van der Waals surface area contributed by atoms with Crippen LogP contribution in [0.1, 0.15) is 40.0 Å². The Morgan fingerprint density at radius 2 is 1.85 bits per heavy atom. The second kappa shape index (κ2) is 5.73. The monoisotopic (exact) mass is 186 g/mol.